The number of alkyl halides is 3. The van der Waals surface area contributed by atoms with Crippen molar-refractivity contribution in [3.63, 3.8) is 0 Å². The molecule has 0 radical (unpaired) electrons. The molecule has 2 N–H and O–H groups in total. The summed E-state index contributed by atoms with van der Waals surface area (Å²) in [5.41, 5.74) is 5.28. The molecule has 0 aromatic heterocycles. The summed E-state index contributed by atoms with van der Waals surface area (Å²) < 4.78 is 41.0. The number of aromatic carboxylic acids is 1. The topological polar surface area (TPSA) is 91.1 Å². The van der Waals surface area contributed by atoms with E-state index in [-0.39, 0.29) is 18.0 Å². The Labute approximate surface area is 304 Å². The van der Waals surface area contributed by atoms with Gasteiger partial charge in [-0.25, -0.2) is 18.2 Å². The number of amides is 1. The first-order valence-electron chi connectivity index (χ1n) is 17.9. The first-order valence-corrected chi connectivity index (χ1v) is 21.4. The highest BCUT2D eigenvalue weighted by molar-refractivity contribution is 6.98. The highest BCUT2D eigenvalue weighted by Gasteiger charge is 2.43. The molecule has 6 rings (SSSR count). The fourth-order valence-corrected chi connectivity index (χ4v) is 10.4. The zero-order valence-corrected chi connectivity index (χ0v) is 31.1. The number of carbonyl (C=O) groups is 2. The number of ether oxygens (including phenoxy) is 2. The van der Waals surface area contributed by atoms with Gasteiger partial charge < -0.3 is 24.8 Å². The number of carboxylic acid groups (broad SMARTS) is 1. The summed E-state index contributed by atoms with van der Waals surface area (Å²) in [7, 11) is -2.41. The predicted molar refractivity (Wildman–Crippen MR) is 200 cm³/mol. The van der Waals surface area contributed by atoms with E-state index in [4.69, 9.17) is 21.1 Å². The number of rotatable bonds is 16. The van der Waals surface area contributed by atoms with Crippen LogP contribution in [0.4, 0.5) is 14.5 Å². The molecule has 0 spiro atoms. The summed E-state index contributed by atoms with van der Waals surface area (Å²) in [6.45, 7) is 8.07. The molecular formula is C39H47ClF2N3O5Si+. The molecule has 272 valence electrons. The van der Waals surface area contributed by atoms with Crippen LogP contribution in [0.15, 0.2) is 65.4 Å². The lowest BCUT2D eigenvalue weighted by atomic mass is 9.86. The van der Waals surface area contributed by atoms with E-state index < -0.39 is 26.4 Å². The fraction of sp³-hybridized carbons (Fsp3) is 0.462. The largest absolute Gasteiger partial charge is 0.478 e. The number of nitrogens with zero attached hydrogens (tertiary/aromatic N) is 2. The third kappa shape index (κ3) is 8.22. The molecule has 3 aliphatic heterocycles. The van der Waals surface area contributed by atoms with Crippen LogP contribution in [-0.4, -0.2) is 113 Å². The maximum absolute atomic E-state index is 13.9. The minimum absolute atomic E-state index is 0.0846. The molecule has 0 unspecified atom stereocenters. The quantitative estimate of drug-likeness (QED) is 0.0999. The average Bonchev–Trinajstić information content (AvgIpc) is 3.09. The Hall–Kier alpha value is -3.64. The molecule has 3 heterocycles. The number of nitrogens with one attached hydrogen (secondary N) is 1. The van der Waals surface area contributed by atoms with E-state index in [2.05, 4.69) is 30.6 Å². The monoisotopic (exact) mass is 738 g/mol. The van der Waals surface area contributed by atoms with Gasteiger partial charge in [0, 0.05) is 42.4 Å². The Bertz CT molecular complexity index is 1780. The van der Waals surface area contributed by atoms with Crippen LogP contribution in [0.1, 0.15) is 57.5 Å². The normalized spacial score (nSPS) is 19.3. The molecule has 51 heavy (non-hydrogen) atoms. The standard InChI is InChI=1S/C39H46ClF2N3O5Si/c1-51(2)35-20-29(44-22-27(41)23-44)8-11-32(35)37(33-12-9-30(21-36(33)51)45-24-28(42)25-45)34-19-26(7-10-31(34)39(47)48)38(46)43-14-16-50-18-17-49-15-6-4-3-5-13-40/h7-12,19-21,27-28H,3-6,13-18,22-25H2,1-2H3,(H-,43,46,47,48)/p+1. The van der Waals surface area contributed by atoms with Crippen LogP contribution >= 0.6 is 11.6 Å². The van der Waals surface area contributed by atoms with E-state index in [9.17, 15) is 23.5 Å². The maximum atomic E-state index is 13.9. The summed E-state index contributed by atoms with van der Waals surface area (Å²) in [5.74, 6) is -0.742. The minimum atomic E-state index is -2.41. The van der Waals surface area contributed by atoms with Gasteiger partial charge in [0.15, 0.2) is 18.8 Å². The lowest BCUT2D eigenvalue weighted by molar-refractivity contribution is -0.599. The van der Waals surface area contributed by atoms with Gasteiger partial charge in [0.25, 0.3) is 5.91 Å². The van der Waals surface area contributed by atoms with Crippen molar-refractivity contribution >= 4 is 53.7 Å². The van der Waals surface area contributed by atoms with Crippen LogP contribution in [0.2, 0.25) is 13.1 Å². The Kier molecular flexibility index (Phi) is 11.9. The van der Waals surface area contributed by atoms with Crippen molar-refractivity contribution in [3.8, 4) is 0 Å². The third-order valence-corrected chi connectivity index (χ3v) is 13.9. The van der Waals surface area contributed by atoms with Crippen molar-refractivity contribution in [1.29, 1.82) is 0 Å². The lowest BCUT2D eigenvalue weighted by Gasteiger charge is -2.41. The molecule has 2 saturated heterocycles. The van der Waals surface area contributed by atoms with E-state index in [1.807, 2.05) is 33.8 Å². The van der Waals surface area contributed by atoms with Crippen LogP contribution < -0.4 is 15.4 Å². The highest BCUT2D eigenvalue weighted by atomic mass is 35.5. The number of carboxylic acids is 1. The third-order valence-electron chi connectivity index (χ3n) is 10.2. The van der Waals surface area contributed by atoms with E-state index in [0.29, 0.717) is 69.6 Å². The summed E-state index contributed by atoms with van der Waals surface area (Å²) in [6, 6.07) is 10.8. The Morgan fingerprint density at radius 1 is 0.941 bits per heavy atom. The lowest BCUT2D eigenvalue weighted by Crippen LogP contribution is -2.52. The number of halogens is 3. The molecule has 12 heteroatoms. The summed E-state index contributed by atoms with van der Waals surface area (Å²) >= 11 is 5.71. The molecular weight excluding hydrogens is 692 g/mol. The minimum Gasteiger partial charge on any atom is -0.478 e. The van der Waals surface area contributed by atoms with Crippen molar-refractivity contribution in [2.45, 2.75) is 51.1 Å². The van der Waals surface area contributed by atoms with Gasteiger partial charge in [0.05, 0.1) is 38.5 Å². The predicted octanol–water partition coefficient (Wildman–Crippen LogP) is 5.68. The molecule has 1 aliphatic carbocycles. The number of fused-ring (bicyclic) bond motifs is 2. The smallest absolute Gasteiger partial charge is 0.336 e. The summed E-state index contributed by atoms with van der Waals surface area (Å²) in [5, 5.41) is 15.5. The van der Waals surface area contributed by atoms with Gasteiger partial charge in [-0.1, -0.05) is 32.0 Å². The number of hydrogen-bond donors (Lipinski definition) is 2. The van der Waals surface area contributed by atoms with Crippen LogP contribution in [0.3, 0.4) is 0 Å². The van der Waals surface area contributed by atoms with E-state index in [1.54, 1.807) is 6.07 Å². The van der Waals surface area contributed by atoms with Crippen molar-refractivity contribution < 1.29 is 37.5 Å². The van der Waals surface area contributed by atoms with Crippen molar-refractivity contribution in [2.75, 3.05) is 69.9 Å². The first kappa shape index (κ1) is 37.1. The fourth-order valence-electron chi connectivity index (χ4n) is 7.17. The van der Waals surface area contributed by atoms with Gasteiger partial charge in [0.2, 0.25) is 6.17 Å². The summed E-state index contributed by atoms with van der Waals surface area (Å²) in [4.78, 5) is 28.1. The Morgan fingerprint density at radius 2 is 1.69 bits per heavy atom. The van der Waals surface area contributed by atoms with E-state index in [1.165, 1.54) is 12.1 Å². The Morgan fingerprint density at radius 3 is 2.39 bits per heavy atom. The van der Waals surface area contributed by atoms with Crippen LogP contribution in [0, 0.1) is 0 Å². The number of anilines is 1. The Balaban J connectivity index is 1.25. The molecule has 4 aliphatic rings. The van der Waals surface area contributed by atoms with Gasteiger partial charge in [-0.3, -0.25) is 4.79 Å². The van der Waals surface area contributed by atoms with E-state index >= 15 is 0 Å². The number of allylic oxidation sites excluding steroid dienone is 5. The number of unbranched alkanes of at least 4 members (excludes halogenated alkanes) is 3. The zero-order chi connectivity index (χ0) is 36.1. The first-order chi connectivity index (χ1) is 24.6. The second-order valence-electron chi connectivity index (χ2n) is 14.1. The molecule has 0 bridgehead atoms. The molecule has 8 nitrogen and oxygen atoms in total. The average molecular weight is 739 g/mol. The van der Waals surface area contributed by atoms with Gasteiger partial charge >= 0.3 is 5.97 Å². The second kappa shape index (κ2) is 16.4. The highest BCUT2D eigenvalue weighted by Crippen LogP contribution is 2.43. The van der Waals surface area contributed by atoms with E-state index in [0.717, 1.165) is 64.2 Å². The van der Waals surface area contributed by atoms with Crippen LogP contribution in [-0.2, 0) is 9.47 Å². The summed E-state index contributed by atoms with van der Waals surface area (Å²) in [6.07, 6.45) is 8.63. The van der Waals surface area contributed by atoms with Crippen LogP contribution in [0.5, 0.6) is 0 Å². The zero-order valence-electron chi connectivity index (χ0n) is 29.4. The maximum Gasteiger partial charge on any atom is 0.336 e. The van der Waals surface area contributed by atoms with Gasteiger partial charge in [-0.2, -0.15) is 0 Å². The van der Waals surface area contributed by atoms with Crippen LogP contribution in [0.25, 0.3) is 5.57 Å². The molecule has 2 aromatic rings. The second-order valence-corrected chi connectivity index (χ2v) is 18.8. The molecule has 0 saturated carbocycles. The molecule has 0 atom stereocenters. The molecule has 2 fully saturated rings. The molecule has 1 amide bonds. The van der Waals surface area contributed by atoms with Crippen molar-refractivity contribution in [2.24, 2.45) is 0 Å². The number of benzene rings is 2. The SMILES string of the molecule is C[Si]1(C)C2=CC(=[N+]3CC(F)C3)C=CC2=C(c2cc(C(=O)NCCOCCOCCCCCCCl)ccc2C(=O)O)c2ccc(N3CC(F)C3)cc21. The van der Waals surface area contributed by atoms with Gasteiger partial charge in [-0.05, 0) is 81.9 Å². The number of hydrogen-bond acceptors (Lipinski definition) is 5. The molecule has 2 aromatic carbocycles. The van der Waals surface area contributed by atoms with Crippen molar-refractivity contribution in [3.05, 3.63) is 87.6 Å². The van der Waals surface area contributed by atoms with Gasteiger partial charge in [-0.15, -0.1) is 11.6 Å². The van der Waals surface area contributed by atoms with Crippen molar-refractivity contribution in [1.82, 2.24) is 5.32 Å². The van der Waals surface area contributed by atoms with Gasteiger partial charge in [0.1, 0.15) is 14.2 Å². The number of carbonyl (C=O) groups excluding carboxylic acids is 1.